The van der Waals surface area contributed by atoms with E-state index in [1.54, 1.807) is 0 Å². The van der Waals surface area contributed by atoms with Crippen LogP contribution < -0.4 is 5.32 Å². The highest BCUT2D eigenvalue weighted by Crippen LogP contribution is 2.35. The smallest absolute Gasteiger partial charge is 0.303 e. The fraction of sp³-hybridized carbons (Fsp3) is 0.571. The Kier molecular flexibility index (Phi) is 4.60. The van der Waals surface area contributed by atoms with Crippen LogP contribution in [0.15, 0.2) is 18.3 Å². The van der Waals surface area contributed by atoms with Gasteiger partial charge in [-0.05, 0) is 37.8 Å². The van der Waals surface area contributed by atoms with Gasteiger partial charge in [-0.1, -0.05) is 6.42 Å². The summed E-state index contributed by atoms with van der Waals surface area (Å²) in [5, 5.41) is 11.4. The molecule has 0 bridgehead atoms. The van der Waals surface area contributed by atoms with Crippen LogP contribution >= 0.6 is 0 Å². The second-order valence-corrected chi connectivity index (χ2v) is 4.99. The topological polar surface area (TPSA) is 71.3 Å². The summed E-state index contributed by atoms with van der Waals surface area (Å²) in [5.74, 6) is -0.790. The second kappa shape index (κ2) is 6.41. The van der Waals surface area contributed by atoms with Gasteiger partial charge in [-0.3, -0.25) is 9.59 Å². The molecule has 0 saturated heterocycles. The molecule has 2 N–H and O–H groups in total. The summed E-state index contributed by atoms with van der Waals surface area (Å²) in [6.07, 6.45) is 6.80. The number of aromatic nitrogens is 1. The quantitative estimate of drug-likeness (QED) is 0.707. The molecule has 1 saturated carbocycles. The van der Waals surface area contributed by atoms with Crippen molar-refractivity contribution < 1.29 is 14.7 Å². The van der Waals surface area contributed by atoms with E-state index in [0.717, 1.165) is 31.4 Å². The molecule has 19 heavy (non-hydrogen) atoms. The Morgan fingerprint density at radius 3 is 2.79 bits per heavy atom. The third kappa shape index (κ3) is 4.12. The molecule has 2 rings (SSSR count). The van der Waals surface area contributed by atoms with Crippen LogP contribution in [-0.2, 0) is 4.79 Å². The zero-order valence-electron chi connectivity index (χ0n) is 11.0. The van der Waals surface area contributed by atoms with Crippen LogP contribution in [0.5, 0.6) is 0 Å². The molecule has 1 aromatic rings. The van der Waals surface area contributed by atoms with Crippen LogP contribution in [0.4, 0.5) is 0 Å². The van der Waals surface area contributed by atoms with Crippen LogP contribution in [0.3, 0.4) is 0 Å². The van der Waals surface area contributed by atoms with E-state index in [1.807, 2.05) is 22.9 Å². The van der Waals surface area contributed by atoms with Crippen molar-refractivity contribution >= 4 is 11.9 Å². The molecule has 0 aromatic carbocycles. The maximum atomic E-state index is 12.0. The molecule has 0 spiro atoms. The Morgan fingerprint density at radius 2 is 2.11 bits per heavy atom. The van der Waals surface area contributed by atoms with Gasteiger partial charge in [-0.25, -0.2) is 0 Å². The number of amides is 1. The van der Waals surface area contributed by atoms with Gasteiger partial charge in [0.25, 0.3) is 5.91 Å². The van der Waals surface area contributed by atoms with Crippen molar-refractivity contribution in [2.75, 3.05) is 6.54 Å². The molecule has 0 aliphatic heterocycles. The number of unbranched alkanes of at least 4 members (excludes halogenated alkanes) is 2. The van der Waals surface area contributed by atoms with Gasteiger partial charge >= 0.3 is 5.97 Å². The maximum absolute atomic E-state index is 12.0. The van der Waals surface area contributed by atoms with Gasteiger partial charge < -0.3 is 15.0 Å². The lowest BCUT2D eigenvalue weighted by molar-refractivity contribution is -0.137. The molecular formula is C14H20N2O3. The molecule has 0 radical (unpaired) electrons. The Hall–Kier alpha value is -1.78. The normalized spacial score (nSPS) is 14.3. The SMILES string of the molecule is O=C(O)CCCCCNC(=O)c1cccn1C1CC1. The summed E-state index contributed by atoms with van der Waals surface area (Å²) in [6, 6.07) is 4.25. The van der Waals surface area contributed by atoms with E-state index in [1.165, 1.54) is 0 Å². The monoisotopic (exact) mass is 264 g/mol. The number of nitrogens with zero attached hydrogens (tertiary/aromatic N) is 1. The lowest BCUT2D eigenvalue weighted by Crippen LogP contribution is -2.26. The van der Waals surface area contributed by atoms with Gasteiger partial charge in [-0.2, -0.15) is 0 Å². The highest BCUT2D eigenvalue weighted by atomic mass is 16.4. The van der Waals surface area contributed by atoms with Crippen molar-refractivity contribution in [3.05, 3.63) is 24.0 Å². The standard InChI is InChI=1S/C14H20N2O3/c17-13(18)6-2-1-3-9-15-14(19)12-5-4-10-16(12)11-7-8-11/h4-5,10-11H,1-3,6-9H2,(H,15,19)(H,17,18). The molecule has 5 nitrogen and oxygen atoms in total. The van der Waals surface area contributed by atoms with Crippen LogP contribution in [0.2, 0.25) is 0 Å². The van der Waals surface area contributed by atoms with Crippen molar-refractivity contribution in [1.82, 2.24) is 9.88 Å². The molecule has 1 aliphatic rings. The zero-order valence-corrected chi connectivity index (χ0v) is 11.0. The third-order valence-electron chi connectivity index (χ3n) is 3.30. The predicted octanol–water partition coefficient (Wildman–Crippen LogP) is 2.20. The van der Waals surface area contributed by atoms with Crippen LogP contribution in [0.25, 0.3) is 0 Å². The number of hydrogen-bond acceptors (Lipinski definition) is 2. The summed E-state index contributed by atoms with van der Waals surface area (Å²) in [4.78, 5) is 22.3. The van der Waals surface area contributed by atoms with Gasteiger partial charge in [0.05, 0.1) is 0 Å². The fourth-order valence-corrected chi connectivity index (χ4v) is 2.13. The minimum atomic E-state index is -0.758. The van der Waals surface area contributed by atoms with Crippen molar-refractivity contribution in [3.63, 3.8) is 0 Å². The van der Waals surface area contributed by atoms with E-state index in [2.05, 4.69) is 5.32 Å². The Bertz CT molecular complexity index is 449. The van der Waals surface area contributed by atoms with Crippen molar-refractivity contribution in [2.24, 2.45) is 0 Å². The minimum absolute atomic E-state index is 0.0323. The fourth-order valence-electron chi connectivity index (χ4n) is 2.13. The maximum Gasteiger partial charge on any atom is 0.303 e. The number of carbonyl (C=O) groups is 2. The first kappa shape index (κ1) is 13.6. The predicted molar refractivity (Wildman–Crippen MR) is 71.1 cm³/mol. The van der Waals surface area contributed by atoms with E-state index < -0.39 is 5.97 Å². The third-order valence-corrected chi connectivity index (χ3v) is 3.30. The van der Waals surface area contributed by atoms with Gasteiger partial charge in [0.1, 0.15) is 5.69 Å². The lowest BCUT2D eigenvalue weighted by Gasteiger charge is -2.08. The first-order valence-electron chi connectivity index (χ1n) is 6.85. The Balaban J connectivity index is 1.66. The van der Waals surface area contributed by atoms with Gasteiger partial charge in [0.2, 0.25) is 0 Å². The van der Waals surface area contributed by atoms with Crippen LogP contribution in [-0.4, -0.2) is 28.1 Å². The number of nitrogens with one attached hydrogen (secondary N) is 1. The van der Waals surface area contributed by atoms with Crippen LogP contribution in [0.1, 0.15) is 55.1 Å². The van der Waals surface area contributed by atoms with Crippen molar-refractivity contribution in [3.8, 4) is 0 Å². The molecule has 1 heterocycles. The first-order valence-corrected chi connectivity index (χ1v) is 6.85. The number of aliphatic carboxylic acids is 1. The van der Waals surface area contributed by atoms with Gasteiger partial charge in [0, 0.05) is 25.2 Å². The summed E-state index contributed by atoms with van der Waals surface area (Å²) < 4.78 is 2.04. The molecule has 1 aromatic heterocycles. The Labute approximate surface area is 112 Å². The number of carboxylic acid groups (broad SMARTS) is 1. The molecule has 104 valence electrons. The molecule has 1 amide bonds. The molecule has 0 unspecified atom stereocenters. The molecule has 1 fully saturated rings. The van der Waals surface area contributed by atoms with Crippen molar-refractivity contribution in [2.45, 2.75) is 44.6 Å². The van der Waals surface area contributed by atoms with Crippen molar-refractivity contribution in [1.29, 1.82) is 0 Å². The van der Waals surface area contributed by atoms with E-state index in [-0.39, 0.29) is 12.3 Å². The molecular weight excluding hydrogens is 244 g/mol. The summed E-state index contributed by atoms with van der Waals surface area (Å²) in [5.41, 5.74) is 0.730. The Morgan fingerprint density at radius 1 is 1.32 bits per heavy atom. The average Bonchev–Trinajstić information content (AvgIpc) is 3.10. The highest BCUT2D eigenvalue weighted by Gasteiger charge is 2.26. The second-order valence-electron chi connectivity index (χ2n) is 4.99. The average molecular weight is 264 g/mol. The van der Waals surface area contributed by atoms with Gasteiger partial charge in [0.15, 0.2) is 0 Å². The minimum Gasteiger partial charge on any atom is -0.481 e. The molecule has 5 heteroatoms. The largest absolute Gasteiger partial charge is 0.481 e. The van der Waals surface area contributed by atoms with E-state index in [0.29, 0.717) is 19.0 Å². The first-order chi connectivity index (χ1) is 9.18. The van der Waals surface area contributed by atoms with Gasteiger partial charge in [-0.15, -0.1) is 0 Å². The summed E-state index contributed by atoms with van der Waals surface area (Å²) in [6.45, 7) is 0.605. The number of hydrogen-bond donors (Lipinski definition) is 2. The molecule has 0 atom stereocenters. The summed E-state index contributed by atoms with van der Waals surface area (Å²) in [7, 11) is 0. The van der Waals surface area contributed by atoms with Crippen LogP contribution in [0, 0.1) is 0 Å². The van der Waals surface area contributed by atoms with E-state index in [4.69, 9.17) is 5.11 Å². The summed E-state index contributed by atoms with van der Waals surface area (Å²) >= 11 is 0. The number of carboxylic acids is 1. The van der Waals surface area contributed by atoms with E-state index >= 15 is 0 Å². The molecule has 1 aliphatic carbocycles. The van der Waals surface area contributed by atoms with E-state index in [9.17, 15) is 9.59 Å². The lowest BCUT2D eigenvalue weighted by atomic mass is 10.2. The highest BCUT2D eigenvalue weighted by molar-refractivity contribution is 5.92. The number of rotatable bonds is 8. The zero-order chi connectivity index (χ0) is 13.7. The number of carbonyl (C=O) groups excluding carboxylic acids is 1.